The molecule has 0 aromatic carbocycles. The van der Waals surface area contributed by atoms with E-state index in [4.69, 9.17) is 4.74 Å². The molecule has 28 heavy (non-hydrogen) atoms. The Morgan fingerprint density at radius 1 is 1.14 bits per heavy atom. The van der Waals surface area contributed by atoms with Gasteiger partial charge >= 0.3 is 6.03 Å². The molecule has 0 saturated carbocycles. The predicted molar refractivity (Wildman–Crippen MR) is 109 cm³/mol. The summed E-state index contributed by atoms with van der Waals surface area (Å²) in [5.74, 6) is 1.23. The van der Waals surface area contributed by atoms with Gasteiger partial charge < -0.3 is 20.3 Å². The number of piperidine rings is 3. The van der Waals surface area contributed by atoms with Crippen LogP contribution in [0.15, 0.2) is 0 Å². The van der Waals surface area contributed by atoms with Crippen molar-refractivity contribution in [3.05, 3.63) is 0 Å². The van der Waals surface area contributed by atoms with Gasteiger partial charge in [-0.05, 0) is 69.9 Å². The topological polar surface area (TPSA) is 73.9 Å². The largest absolute Gasteiger partial charge is 0.385 e. The van der Waals surface area contributed by atoms with Crippen molar-refractivity contribution in [3.63, 3.8) is 0 Å². The second-order valence-corrected chi connectivity index (χ2v) is 8.60. The molecule has 7 heteroatoms. The second-order valence-electron chi connectivity index (χ2n) is 8.60. The average Bonchev–Trinajstić information content (AvgIpc) is 2.72. The number of urea groups is 1. The van der Waals surface area contributed by atoms with Crippen molar-refractivity contribution in [2.75, 3.05) is 46.9 Å². The first kappa shape index (κ1) is 21.4. The highest BCUT2D eigenvalue weighted by Gasteiger charge is 2.49. The van der Waals surface area contributed by atoms with E-state index < -0.39 is 0 Å². The first-order valence-electron chi connectivity index (χ1n) is 11.1. The lowest BCUT2D eigenvalue weighted by molar-refractivity contribution is -0.120. The van der Waals surface area contributed by atoms with Crippen LogP contribution in [0, 0.1) is 11.8 Å². The lowest BCUT2D eigenvalue weighted by atomic mass is 9.69. The molecule has 3 heterocycles. The minimum absolute atomic E-state index is 0.0715. The third kappa shape index (κ3) is 4.98. The highest BCUT2D eigenvalue weighted by molar-refractivity contribution is 5.76. The van der Waals surface area contributed by atoms with Crippen LogP contribution in [0.5, 0.6) is 0 Å². The first-order valence-corrected chi connectivity index (χ1v) is 11.1. The first-order chi connectivity index (χ1) is 13.7. The second kappa shape index (κ2) is 10.4. The fraction of sp³-hybridized carbons (Fsp3) is 0.905. The number of nitrogens with zero attached hydrogens (tertiary/aromatic N) is 2. The maximum Gasteiger partial charge on any atom is 0.317 e. The van der Waals surface area contributed by atoms with Gasteiger partial charge in [-0.3, -0.25) is 9.69 Å². The Balaban J connectivity index is 1.69. The van der Waals surface area contributed by atoms with Crippen LogP contribution >= 0.6 is 0 Å². The molecule has 0 unspecified atom stereocenters. The highest BCUT2D eigenvalue weighted by Crippen LogP contribution is 2.43. The molecule has 4 atom stereocenters. The third-order valence-electron chi connectivity index (χ3n) is 6.92. The van der Waals surface area contributed by atoms with Gasteiger partial charge in [-0.2, -0.15) is 0 Å². The highest BCUT2D eigenvalue weighted by atomic mass is 16.5. The lowest BCUT2D eigenvalue weighted by Crippen LogP contribution is -2.66. The number of ether oxygens (including phenoxy) is 1. The summed E-state index contributed by atoms with van der Waals surface area (Å²) in [6.45, 7) is 4.60. The summed E-state index contributed by atoms with van der Waals surface area (Å²) in [4.78, 5) is 29.6. The smallest absolute Gasteiger partial charge is 0.317 e. The predicted octanol–water partition coefficient (Wildman–Crippen LogP) is 1.82. The zero-order valence-corrected chi connectivity index (χ0v) is 17.6. The fourth-order valence-corrected chi connectivity index (χ4v) is 5.71. The number of carbonyl (C=O) groups excluding carboxylic acids is 2. The van der Waals surface area contributed by atoms with Crippen molar-refractivity contribution < 1.29 is 14.3 Å². The summed E-state index contributed by atoms with van der Waals surface area (Å²) in [5.41, 5.74) is 0. The third-order valence-corrected chi connectivity index (χ3v) is 6.92. The van der Waals surface area contributed by atoms with E-state index in [-0.39, 0.29) is 18.0 Å². The van der Waals surface area contributed by atoms with Gasteiger partial charge in [-0.1, -0.05) is 0 Å². The summed E-state index contributed by atoms with van der Waals surface area (Å²) in [6.07, 6.45) is 8.04. The monoisotopic (exact) mass is 394 g/mol. The summed E-state index contributed by atoms with van der Waals surface area (Å²) in [6, 6.07) is 0.946. The molecule has 2 N–H and O–H groups in total. The van der Waals surface area contributed by atoms with Gasteiger partial charge in [0, 0.05) is 52.4 Å². The van der Waals surface area contributed by atoms with E-state index in [1.54, 1.807) is 14.2 Å². The molecular formula is C21H38N4O3. The molecule has 0 aromatic rings. The Morgan fingerprint density at radius 3 is 2.68 bits per heavy atom. The minimum atomic E-state index is 0.0715. The standard InChI is InChI=1S/C21H38N4O3/c1-22-19(26)10-3-9-18-17-8-5-13-24-12-4-7-16(20(17)24)15-25(18)21(27)23-11-6-14-28-2/h16-18,20H,3-15H2,1-2H3,(H,22,26)(H,23,27)/t16-,17+,18+,20-/m0/s1. The molecule has 3 rings (SSSR count). The molecule has 0 bridgehead atoms. The molecule has 0 radical (unpaired) electrons. The quantitative estimate of drug-likeness (QED) is 0.616. The van der Waals surface area contributed by atoms with E-state index in [0.717, 1.165) is 25.8 Å². The van der Waals surface area contributed by atoms with Crippen molar-refractivity contribution in [3.8, 4) is 0 Å². The molecular weight excluding hydrogens is 356 g/mol. The van der Waals surface area contributed by atoms with E-state index in [1.165, 1.54) is 38.8 Å². The summed E-state index contributed by atoms with van der Waals surface area (Å²) in [7, 11) is 3.38. The van der Waals surface area contributed by atoms with Crippen LogP contribution in [0.25, 0.3) is 0 Å². The molecule has 3 aliphatic rings. The number of methoxy groups -OCH3 is 1. The Morgan fingerprint density at radius 2 is 1.93 bits per heavy atom. The molecule has 3 aliphatic heterocycles. The number of carbonyl (C=O) groups is 2. The van der Waals surface area contributed by atoms with Crippen molar-refractivity contribution in [1.82, 2.24) is 20.4 Å². The number of amides is 3. The molecule has 3 saturated heterocycles. The maximum absolute atomic E-state index is 13.0. The van der Waals surface area contributed by atoms with Crippen LogP contribution in [0.2, 0.25) is 0 Å². The van der Waals surface area contributed by atoms with Gasteiger partial charge in [0.1, 0.15) is 0 Å². The van der Waals surface area contributed by atoms with Crippen LogP contribution < -0.4 is 10.6 Å². The average molecular weight is 395 g/mol. The van der Waals surface area contributed by atoms with E-state index in [1.807, 2.05) is 0 Å². The number of hydrogen-bond donors (Lipinski definition) is 2. The molecule has 3 fully saturated rings. The fourth-order valence-electron chi connectivity index (χ4n) is 5.71. The summed E-state index contributed by atoms with van der Waals surface area (Å²) in [5, 5.41) is 5.82. The van der Waals surface area contributed by atoms with E-state index in [2.05, 4.69) is 20.4 Å². The number of nitrogens with one attached hydrogen (secondary N) is 2. The summed E-state index contributed by atoms with van der Waals surface area (Å²) >= 11 is 0. The lowest BCUT2D eigenvalue weighted by Gasteiger charge is -2.57. The van der Waals surface area contributed by atoms with Crippen molar-refractivity contribution in [2.45, 2.75) is 63.5 Å². The van der Waals surface area contributed by atoms with Gasteiger partial charge in [-0.25, -0.2) is 4.79 Å². The van der Waals surface area contributed by atoms with E-state index in [9.17, 15) is 9.59 Å². The zero-order chi connectivity index (χ0) is 19.9. The normalized spacial score (nSPS) is 29.9. The van der Waals surface area contributed by atoms with E-state index >= 15 is 0 Å². The summed E-state index contributed by atoms with van der Waals surface area (Å²) < 4.78 is 5.09. The number of hydrogen-bond acceptors (Lipinski definition) is 4. The van der Waals surface area contributed by atoms with Crippen LogP contribution in [0.3, 0.4) is 0 Å². The molecule has 0 aliphatic carbocycles. The molecule has 0 spiro atoms. The molecule has 7 nitrogen and oxygen atoms in total. The Kier molecular flexibility index (Phi) is 7.97. The van der Waals surface area contributed by atoms with Crippen molar-refractivity contribution in [2.24, 2.45) is 11.8 Å². The minimum Gasteiger partial charge on any atom is -0.385 e. The number of rotatable bonds is 8. The van der Waals surface area contributed by atoms with Crippen molar-refractivity contribution in [1.29, 1.82) is 0 Å². The molecule has 3 amide bonds. The zero-order valence-electron chi connectivity index (χ0n) is 17.6. The molecule has 160 valence electrons. The van der Waals surface area contributed by atoms with E-state index in [0.29, 0.717) is 37.5 Å². The number of likely N-dealkylation sites (tertiary alicyclic amines) is 1. The van der Waals surface area contributed by atoms with Gasteiger partial charge in [0.2, 0.25) is 5.91 Å². The van der Waals surface area contributed by atoms with Gasteiger partial charge in [-0.15, -0.1) is 0 Å². The van der Waals surface area contributed by atoms with Crippen LogP contribution in [-0.2, 0) is 9.53 Å². The van der Waals surface area contributed by atoms with Crippen LogP contribution in [-0.4, -0.2) is 80.8 Å². The Labute approximate surface area is 169 Å². The SMILES string of the molecule is CNC(=O)CCC[C@@H]1[C@H]2CCCN3CCC[C@@H](CN1C(=O)NCCCOC)[C@@H]23. The Bertz CT molecular complexity index is 528. The Hall–Kier alpha value is -1.34. The maximum atomic E-state index is 13.0. The van der Waals surface area contributed by atoms with Gasteiger partial charge in [0.25, 0.3) is 0 Å². The molecule has 0 aromatic heterocycles. The van der Waals surface area contributed by atoms with Crippen LogP contribution in [0.4, 0.5) is 4.79 Å². The van der Waals surface area contributed by atoms with Gasteiger partial charge in [0.15, 0.2) is 0 Å². The van der Waals surface area contributed by atoms with Gasteiger partial charge in [0.05, 0.1) is 0 Å². The van der Waals surface area contributed by atoms with Crippen molar-refractivity contribution >= 4 is 11.9 Å². The van der Waals surface area contributed by atoms with Crippen LogP contribution in [0.1, 0.15) is 51.4 Å².